The minimum absolute atomic E-state index is 0.0395. The lowest BCUT2D eigenvalue weighted by Gasteiger charge is -2.13. The summed E-state index contributed by atoms with van der Waals surface area (Å²) >= 11 is 6.82. The van der Waals surface area contributed by atoms with Crippen LogP contribution in [0.25, 0.3) is 28.1 Å². The van der Waals surface area contributed by atoms with Crippen LogP contribution in [0.2, 0.25) is 0 Å². The molecule has 0 radical (unpaired) electrons. The smallest absolute Gasteiger partial charge is 0.266 e. The number of benzene rings is 2. The van der Waals surface area contributed by atoms with Gasteiger partial charge < -0.3 is 0 Å². The van der Waals surface area contributed by atoms with E-state index in [1.165, 1.54) is 11.8 Å². The van der Waals surface area contributed by atoms with Gasteiger partial charge in [-0.15, -0.1) is 10.2 Å². The van der Waals surface area contributed by atoms with E-state index >= 15 is 0 Å². The number of thiocarbonyl (C=S) groups is 1. The zero-order valence-electron chi connectivity index (χ0n) is 17.6. The zero-order valence-corrected chi connectivity index (χ0v) is 19.3. The molecular formula is C24H20N6OS2. The second-order valence-electron chi connectivity index (χ2n) is 7.66. The van der Waals surface area contributed by atoms with E-state index in [0.717, 1.165) is 46.9 Å². The van der Waals surface area contributed by atoms with Crippen LogP contribution in [0, 0.1) is 0 Å². The van der Waals surface area contributed by atoms with Crippen molar-refractivity contribution in [3.63, 3.8) is 0 Å². The molecule has 1 fully saturated rings. The van der Waals surface area contributed by atoms with Gasteiger partial charge >= 0.3 is 0 Å². The van der Waals surface area contributed by atoms with Crippen LogP contribution in [0.4, 0.5) is 0 Å². The maximum Gasteiger partial charge on any atom is 0.266 e. The second-order valence-corrected chi connectivity index (χ2v) is 9.34. The average Bonchev–Trinajstić information content (AvgIpc) is 3.45. The zero-order chi connectivity index (χ0) is 22.6. The van der Waals surface area contributed by atoms with Gasteiger partial charge in [0.15, 0.2) is 5.82 Å². The third-order valence-electron chi connectivity index (χ3n) is 5.40. The van der Waals surface area contributed by atoms with Crippen molar-refractivity contribution in [3.05, 3.63) is 77.1 Å². The Kier molecular flexibility index (Phi) is 6.23. The molecule has 164 valence electrons. The molecule has 2 aromatic heterocycles. The molecular weight excluding hydrogens is 452 g/mol. The van der Waals surface area contributed by atoms with Crippen molar-refractivity contribution in [1.82, 2.24) is 30.5 Å². The number of nitrogens with zero attached hydrogens (tertiary/aromatic N) is 5. The number of hydrogen-bond acceptors (Lipinski definition) is 7. The molecule has 9 heteroatoms. The lowest BCUT2D eigenvalue weighted by atomic mass is 10.0. The van der Waals surface area contributed by atoms with E-state index in [2.05, 4.69) is 49.9 Å². The van der Waals surface area contributed by atoms with Crippen LogP contribution in [-0.4, -0.2) is 47.3 Å². The molecule has 1 saturated heterocycles. The Hall–Kier alpha value is -3.43. The number of hydrogen-bond donors (Lipinski definition) is 1. The first-order valence-electron chi connectivity index (χ1n) is 10.6. The van der Waals surface area contributed by atoms with Gasteiger partial charge in [-0.3, -0.25) is 14.7 Å². The number of tetrazole rings is 1. The molecule has 0 aliphatic carbocycles. The predicted octanol–water partition coefficient (Wildman–Crippen LogP) is 4.64. The van der Waals surface area contributed by atoms with Gasteiger partial charge in [0, 0.05) is 30.1 Å². The number of H-pyrrole nitrogens is 1. The Labute approximate surface area is 200 Å². The van der Waals surface area contributed by atoms with E-state index in [1.807, 2.05) is 42.6 Å². The minimum atomic E-state index is -0.0395. The Morgan fingerprint density at radius 1 is 1.06 bits per heavy atom. The normalized spacial score (nSPS) is 15.2. The van der Waals surface area contributed by atoms with E-state index in [4.69, 9.17) is 12.2 Å². The molecule has 0 unspecified atom stereocenters. The van der Waals surface area contributed by atoms with Crippen LogP contribution in [0.15, 0.2) is 65.7 Å². The molecule has 1 aliphatic heterocycles. The first-order valence-corrected chi connectivity index (χ1v) is 11.8. The molecule has 1 N–H and O–H groups in total. The summed E-state index contributed by atoms with van der Waals surface area (Å²) in [6.07, 6.45) is 6.19. The molecule has 5 rings (SSSR count). The molecule has 4 aromatic rings. The first kappa shape index (κ1) is 21.4. The fraction of sp³-hybridized carbons (Fsp3) is 0.167. The van der Waals surface area contributed by atoms with Gasteiger partial charge in [0.25, 0.3) is 5.91 Å². The van der Waals surface area contributed by atoms with Gasteiger partial charge in [-0.2, -0.15) is 5.21 Å². The number of amides is 1. The molecule has 1 amide bonds. The number of aryl methyl sites for hydroxylation is 1. The Morgan fingerprint density at radius 2 is 1.97 bits per heavy atom. The van der Waals surface area contributed by atoms with Crippen LogP contribution >= 0.6 is 24.0 Å². The highest BCUT2D eigenvalue weighted by molar-refractivity contribution is 8.26. The summed E-state index contributed by atoms with van der Waals surface area (Å²) in [4.78, 5) is 19.8. The summed E-state index contributed by atoms with van der Waals surface area (Å²) in [5.41, 5.74) is 4.02. The SMILES string of the molecule is O=C1/C(=C/c2cccc(-c3cnc4ccccc4c3)c2)SC(=S)N1CCCCc1nn[nH]n1. The lowest BCUT2D eigenvalue weighted by Crippen LogP contribution is -2.29. The molecule has 1 aliphatic rings. The summed E-state index contributed by atoms with van der Waals surface area (Å²) in [7, 11) is 0. The molecule has 0 bridgehead atoms. The number of thioether (sulfide) groups is 1. The maximum atomic E-state index is 12.9. The van der Waals surface area contributed by atoms with Gasteiger partial charge in [0.05, 0.1) is 10.4 Å². The summed E-state index contributed by atoms with van der Waals surface area (Å²) in [5, 5.41) is 15.0. The van der Waals surface area contributed by atoms with E-state index in [0.29, 0.717) is 21.6 Å². The Morgan fingerprint density at radius 3 is 2.85 bits per heavy atom. The van der Waals surface area contributed by atoms with E-state index in [9.17, 15) is 4.79 Å². The topological polar surface area (TPSA) is 87.7 Å². The van der Waals surface area contributed by atoms with Crippen molar-refractivity contribution in [1.29, 1.82) is 0 Å². The van der Waals surface area contributed by atoms with Gasteiger partial charge in [0.1, 0.15) is 4.32 Å². The standard InChI is InChI=1S/C24H20N6OS2/c31-23-21(33-24(32)30(23)11-4-3-10-22-26-28-29-27-22)13-16-6-5-8-17(12-16)19-14-18-7-1-2-9-20(18)25-15-19/h1-2,5-9,12-15H,3-4,10-11H2,(H,26,27,28,29)/b21-13-. The number of unbranched alkanes of at least 4 members (excludes halogenated alkanes) is 1. The molecule has 0 atom stereocenters. The first-order chi connectivity index (χ1) is 16.2. The molecule has 2 aromatic carbocycles. The molecule has 7 nitrogen and oxygen atoms in total. The van der Waals surface area contributed by atoms with Crippen LogP contribution in [0.5, 0.6) is 0 Å². The number of para-hydroxylation sites is 1. The van der Waals surface area contributed by atoms with Crippen LogP contribution in [-0.2, 0) is 11.2 Å². The third-order valence-corrected chi connectivity index (χ3v) is 6.78. The number of aromatic nitrogens is 5. The number of carbonyl (C=O) groups is 1. The Balaban J connectivity index is 1.28. The largest absolute Gasteiger partial charge is 0.293 e. The van der Waals surface area contributed by atoms with Crippen LogP contribution < -0.4 is 0 Å². The minimum Gasteiger partial charge on any atom is -0.293 e. The third kappa shape index (κ3) is 4.84. The quantitative estimate of drug-likeness (QED) is 0.238. The summed E-state index contributed by atoms with van der Waals surface area (Å²) in [6, 6.07) is 18.3. The molecule has 0 spiro atoms. The lowest BCUT2D eigenvalue weighted by molar-refractivity contribution is -0.122. The van der Waals surface area contributed by atoms with Crippen molar-refractivity contribution in [2.75, 3.05) is 6.54 Å². The van der Waals surface area contributed by atoms with Crippen LogP contribution in [0.1, 0.15) is 24.2 Å². The maximum absolute atomic E-state index is 12.9. The fourth-order valence-corrected chi connectivity index (χ4v) is 5.03. The average molecular weight is 473 g/mol. The number of pyridine rings is 1. The highest BCUT2D eigenvalue weighted by atomic mass is 32.2. The number of fused-ring (bicyclic) bond motifs is 1. The number of carbonyl (C=O) groups excluding carboxylic acids is 1. The number of aromatic amines is 1. The van der Waals surface area contributed by atoms with Crippen molar-refractivity contribution in [2.24, 2.45) is 0 Å². The second kappa shape index (κ2) is 9.60. The van der Waals surface area contributed by atoms with Crippen LogP contribution in [0.3, 0.4) is 0 Å². The predicted molar refractivity (Wildman–Crippen MR) is 134 cm³/mol. The van der Waals surface area contributed by atoms with E-state index in [1.54, 1.807) is 4.90 Å². The molecule has 3 heterocycles. The number of nitrogens with one attached hydrogen (secondary N) is 1. The van der Waals surface area contributed by atoms with Crippen molar-refractivity contribution in [2.45, 2.75) is 19.3 Å². The van der Waals surface area contributed by atoms with E-state index in [-0.39, 0.29) is 5.91 Å². The highest BCUT2D eigenvalue weighted by Gasteiger charge is 2.31. The Bertz CT molecular complexity index is 1350. The molecule has 0 saturated carbocycles. The van der Waals surface area contributed by atoms with Crippen molar-refractivity contribution in [3.8, 4) is 11.1 Å². The number of rotatable bonds is 7. The van der Waals surface area contributed by atoms with Gasteiger partial charge in [-0.1, -0.05) is 65.6 Å². The molecule has 33 heavy (non-hydrogen) atoms. The van der Waals surface area contributed by atoms with Gasteiger partial charge in [0.2, 0.25) is 0 Å². The van der Waals surface area contributed by atoms with E-state index < -0.39 is 0 Å². The summed E-state index contributed by atoms with van der Waals surface area (Å²) in [5.74, 6) is 0.643. The summed E-state index contributed by atoms with van der Waals surface area (Å²) < 4.78 is 0.598. The monoisotopic (exact) mass is 472 g/mol. The van der Waals surface area contributed by atoms with Crippen molar-refractivity contribution < 1.29 is 4.79 Å². The van der Waals surface area contributed by atoms with Gasteiger partial charge in [-0.05, 0) is 48.2 Å². The van der Waals surface area contributed by atoms with Crippen molar-refractivity contribution >= 4 is 51.2 Å². The fourth-order valence-electron chi connectivity index (χ4n) is 3.72. The summed E-state index contributed by atoms with van der Waals surface area (Å²) in [6.45, 7) is 0.586. The highest BCUT2D eigenvalue weighted by Crippen LogP contribution is 2.33. The van der Waals surface area contributed by atoms with Gasteiger partial charge in [-0.25, -0.2) is 0 Å².